The van der Waals surface area contributed by atoms with E-state index in [-0.39, 0.29) is 36.8 Å². The Labute approximate surface area is 185 Å². The Bertz CT molecular complexity index is 603. The van der Waals surface area contributed by atoms with Crippen molar-refractivity contribution in [1.82, 2.24) is 20.5 Å². The molecular weight excluding hydrogens is 415 g/mol. The Balaban J connectivity index is 0.00000140. The standard InChI is InChI=1S/C20H32N4OS.2ClH/c25-19(18-8-3-9-21-18)22-11-15-5-4-10-24(12-15)13-17-14-26-20(23-17)16-6-1-2-7-16;;/h14-16,18,21H,1-13H2,(H,22,25);2*1H. The SMILES string of the molecule is Cl.Cl.O=C(NCC1CCCN(Cc2csc(C3CCCC3)n2)C1)C1CCCN1. The van der Waals surface area contributed by atoms with E-state index in [1.165, 1.54) is 49.2 Å². The van der Waals surface area contributed by atoms with Gasteiger partial charge in [0.2, 0.25) is 5.91 Å². The highest BCUT2D eigenvalue weighted by molar-refractivity contribution is 7.09. The van der Waals surface area contributed by atoms with E-state index in [1.807, 2.05) is 11.3 Å². The zero-order valence-corrected chi connectivity index (χ0v) is 19.0. The van der Waals surface area contributed by atoms with Crippen molar-refractivity contribution in [2.24, 2.45) is 5.92 Å². The van der Waals surface area contributed by atoms with Gasteiger partial charge in [-0.05, 0) is 57.5 Å². The minimum Gasteiger partial charge on any atom is -0.354 e. The summed E-state index contributed by atoms with van der Waals surface area (Å²) >= 11 is 1.86. The summed E-state index contributed by atoms with van der Waals surface area (Å²) < 4.78 is 0. The second-order valence-corrected chi connectivity index (χ2v) is 9.19. The number of carbonyl (C=O) groups excluding carboxylic acids is 1. The Morgan fingerprint density at radius 3 is 2.75 bits per heavy atom. The van der Waals surface area contributed by atoms with Crippen LogP contribution in [0.4, 0.5) is 0 Å². The summed E-state index contributed by atoms with van der Waals surface area (Å²) in [6.07, 6.45) is 9.94. The fraction of sp³-hybridized carbons (Fsp3) is 0.800. The summed E-state index contributed by atoms with van der Waals surface area (Å²) in [6, 6.07) is 0.0405. The highest BCUT2D eigenvalue weighted by atomic mass is 35.5. The molecule has 0 bridgehead atoms. The van der Waals surface area contributed by atoms with Crippen LogP contribution in [0.1, 0.15) is 68.0 Å². The molecule has 28 heavy (non-hydrogen) atoms. The molecule has 8 heteroatoms. The van der Waals surface area contributed by atoms with E-state index in [9.17, 15) is 4.79 Å². The molecule has 1 aliphatic carbocycles. The number of halogens is 2. The van der Waals surface area contributed by atoms with Crippen LogP contribution < -0.4 is 10.6 Å². The van der Waals surface area contributed by atoms with Gasteiger partial charge in [0.25, 0.3) is 0 Å². The lowest BCUT2D eigenvalue weighted by atomic mass is 9.97. The summed E-state index contributed by atoms with van der Waals surface area (Å²) in [5.74, 6) is 1.49. The van der Waals surface area contributed by atoms with E-state index in [1.54, 1.807) is 0 Å². The van der Waals surface area contributed by atoms with E-state index in [2.05, 4.69) is 20.9 Å². The van der Waals surface area contributed by atoms with Crippen molar-refractivity contribution < 1.29 is 4.79 Å². The van der Waals surface area contributed by atoms with Crippen molar-refractivity contribution >= 4 is 42.1 Å². The Morgan fingerprint density at radius 2 is 2.00 bits per heavy atom. The number of nitrogens with one attached hydrogen (secondary N) is 2. The molecule has 0 radical (unpaired) electrons. The van der Waals surface area contributed by atoms with E-state index < -0.39 is 0 Å². The van der Waals surface area contributed by atoms with Crippen molar-refractivity contribution in [3.05, 3.63) is 16.1 Å². The fourth-order valence-corrected chi connectivity index (χ4v) is 5.70. The molecule has 2 saturated heterocycles. The maximum atomic E-state index is 12.2. The minimum absolute atomic E-state index is 0. The van der Waals surface area contributed by atoms with Crippen LogP contribution in [-0.4, -0.2) is 48.0 Å². The largest absolute Gasteiger partial charge is 0.354 e. The number of amides is 1. The fourth-order valence-electron chi connectivity index (χ4n) is 4.72. The first-order valence-electron chi connectivity index (χ1n) is 10.5. The average molecular weight is 449 g/mol. The number of aromatic nitrogens is 1. The molecule has 3 fully saturated rings. The molecule has 2 atom stereocenters. The molecular formula is C20H34Cl2N4OS. The predicted octanol–water partition coefficient (Wildman–Crippen LogP) is 3.72. The number of thiazole rings is 1. The summed E-state index contributed by atoms with van der Waals surface area (Å²) in [5, 5.41) is 10.1. The van der Waals surface area contributed by atoms with Gasteiger partial charge in [0.05, 0.1) is 16.7 Å². The normalized spacial score (nSPS) is 25.9. The Morgan fingerprint density at radius 1 is 1.18 bits per heavy atom. The first kappa shape index (κ1) is 23.9. The number of piperidine rings is 1. The molecule has 2 N–H and O–H groups in total. The molecule has 2 aliphatic heterocycles. The van der Waals surface area contributed by atoms with Gasteiger partial charge in [-0.2, -0.15) is 0 Å². The van der Waals surface area contributed by atoms with Crippen molar-refractivity contribution in [3.63, 3.8) is 0 Å². The molecule has 1 aromatic heterocycles. The number of hydrogen-bond donors (Lipinski definition) is 2. The predicted molar refractivity (Wildman–Crippen MR) is 120 cm³/mol. The lowest BCUT2D eigenvalue weighted by molar-refractivity contribution is -0.123. The Hall–Kier alpha value is -0.400. The maximum Gasteiger partial charge on any atom is 0.237 e. The molecule has 2 unspecified atom stereocenters. The zero-order chi connectivity index (χ0) is 17.8. The van der Waals surface area contributed by atoms with Crippen LogP contribution in [0.2, 0.25) is 0 Å². The number of carbonyl (C=O) groups is 1. The third kappa shape index (κ3) is 6.30. The van der Waals surface area contributed by atoms with E-state index in [4.69, 9.17) is 4.98 Å². The van der Waals surface area contributed by atoms with Gasteiger partial charge in [-0.3, -0.25) is 9.69 Å². The second kappa shape index (κ2) is 11.7. The van der Waals surface area contributed by atoms with E-state index in [0.29, 0.717) is 5.92 Å². The van der Waals surface area contributed by atoms with Gasteiger partial charge in [0, 0.05) is 30.9 Å². The highest BCUT2D eigenvalue weighted by Crippen LogP contribution is 2.35. The number of rotatable bonds is 6. The van der Waals surface area contributed by atoms with Crippen LogP contribution in [0.3, 0.4) is 0 Å². The first-order chi connectivity index (χ1) is 12.8. The second-order valence-electron chi connectivity index (χ2n) is 8.30. The van der Waals surface area contributed by atoms with Gasteiger partial charge in [-0.1, -0.05) is 12.8 Å². The van der Waals surface area contributed by atoms with Crippen molar-refractivity contribution in [2.45, 2.75) is 69.9 Å². The number of nitrogens with zero attached hydrogens (tertiary/aromatic N) is 2. The van der Waals surface area contributed by atoms with Crippen LogP contribution >= 0.6 is 36.2 Å². The van der Waals surface area contributed by atoms with Gasteiger partial charge < -0.3 is 10.6 Å². The topological polar surface area (TPSA) is 57.3 Å². The zero-order valence-electron chi connectivity index (χ0n) is 16.5. The third-order valence-corrected chi connectivity index (χ3v) is 7.26. The molecule has 5 nitrogen and oxygen atoms in total. The summed E-state index contributed by atoms with van der Waals surface area (Å²) in [4.78, 5) is 19.7. The van der Waals surface area contributed by atoms with Crippen molar-refractivity contribution in [3.8, 4) is 0 Å². The molecule has 1 saturated carbocycles. The third-order valence-electron chi connectivity index (χ3n) is 6.20. The minimum atomic E-state index is 0. The smallest absolute Gasteiger partial charge is 0.237 e. The summed E-state index contributed by atoms with van der Waals surface area (Å²) in [5.41, 5.74) is 1.25. The lowest BCUT2D eigenvalue weighted by Crippen LogP contribution is -2.45. The number of hydrogen-bond acceptors (Lipinski definition) is 5. The molecule has 1 aromatic rings. The quantitative estimate of drug-likeness (QED) is 0.695. The van der Waals surface area contributed by atoms with Gasteiger partial charge in [-0.25, -0.2) is 4.98 Å². The summed E-state index contributed by atoms with van der Waals surface area (Å²) in [6.45, 7) is 5.00. The average Bonchev–Trinajstić information content (AvgIpc) is 3.41. The van der Waals surface area contributed by atoms with Crippen LogP contribution in [-0.2, 0) is 11.3 Å². The van der Waals surface area contributed by atoms with E-state index in [0.717, 1.165) is 51.5 Å². The molecule has 1 amide bonds. The lowest BCUT2D eigenvalue weighted by Gasteiger charge is -2.32. The van der Waals surface area contributed by atoms with Crippen LogP contribution in [0.5, 0.6) is 0 Å². The van der Waals surface area contributed by atoms with Gasteiger partial charge in [0.15, 0.2) is 0 Å². The molecule has 3 heterocycles. The molecule has 4 rings (SSSR count). The van der Waals surface area contributed by atoms with Crippen LogP contribution in [0.15, 0.2) is 5.38 Å². The molecule has 160 valence electrons. The first-order valence-corrected chi connectivity index (χ1v) is 11.3. The van der Waals surface area contributed by atoms with Crippen molar-refractivity contribution in [2.75, 3.05) is 26.2 Å². The van der Waals surface area contributed by atoms with Crippen LogP contribution in [0, 0.1) is 5.92 Å². The van der Waals surface area contributed by atoms with Crippen LogP contribution in [0.25, 0.3) is 0 Å². The molecule has 3 aliphatic rings. The summed E-state index contributed by atoms with van der Waals surface area (Å²) in [7, 11) is 0. The molecule has 0 spiro atoms. The number of likely N-dealkylation sites (tertiary alicyclic amines) is 1. The van der Waals surface area contributed by atoms with Gasteiger partial charge >= 0.3 is 0 Å². The van der Waals surface area contributed by atoms with Gasteiger partial charge in [0.1, 0.15) is 0 Å². The molecule has 0 aromatic carbocycles. The van der Waals surface area contributed by atoms with Gasteiger partial charge in [-0.15, -0.1) is 36.2 Å². The van der Waals surface area contributed by atoms with E-state index >= 15 is 0 Å². The van der Waals surface area contributed by atoms with Crippen molar-refractivity contribution in [1.29, 1.82) is 0 Å². The highest BCUT2D eigenvalue weighted by Gasteiger charge is 2.25. The maximum absolute atomic E-state index is 12.2. The monoisotopic (exact) mass is 448 g/mol. The Kier molecular flexibility index (Phi) is 9.98.